The summed E-state index contributed by atoms with van der Waals surface area (Å²) in [4.78, 5) is 22.3. The lowest BCUT2D eigenvalue weighted by Gasteiger charge is -2.27. The van der Waals surface area contributed by atoms with E-state index in [0.29, 0.717) is 13.0 Å². The molecule has 0 spiro atoms. The van der Waals surface area contributed by atoms with E-state index >= 15 is 0 Å². The zero-order valence-electron chi connectivity index (χ0n) is 18.0. The Bertz CT molecular complexity index is 986. The summed E-state index contributed by atoms with van der Waals surface area (Å²) in [6.07, 6.45) is 2.12. The summed E-state index contributed by atoms with van der Waals surface area (Å²) in [5.41, 5.74) is 2.08. The van der Waals surface area contributed by atoms with Gasteiger partial charge in [0.2, 0.25) is 5.91 Å². The largest absolute Gasteiger partial charge is 0.497 e. The summed E-state index contributed by atoms with van der Waals surface area (Å²) in [5.74, 6) is 0.925. The van der Waals surface area contributed by atoms with Gasteiger partial charge in [0.05, 0.1) is 30.5 Å². The number of anilines is 1. The first-order chi connectivity index (χ1) is 15.2. The lowest BCUT2D eigenvalue weighted by atomic mass is 10.1. The number of aryl methyl sites for hydroxylation is 1. The van der Waals surface area contributed by atoms with Crippen LogP contribution in [-0.2, 0) is 16.0 Å². The lowest BCUT2D eigenvalue weighted by Crippen LogP contribution is -2.39. The number of rotatable bonds is 9. The Labute approximate surface area is 187 Å². The Hall–Kier alpha value is -2.48. The molecule has 164 valence electrons. The maximum atomic E-state index is 13.2. The van der Waals surface area contributed by atoms with Gasteiger partial charge in [-0.1, -0.05) is 41.7 Å². The van der Waals surface area contributed by atoms with Gasteiger partial charge in [0.25, 0.3) is 0 Å². The van der Waals surface area contributed by atoms with Crippen molar-refractivity contribution >= 4 is 32.6 Å². The quantitative estimate of drug-likeness (QED) is 0.505. The number of hydrogen-bond acceptors (Lipinski definition) is 6. The van der Waals surface area contributed by atoms with Gasteiger partial charge in [-0.15, -0.1) is 0 Å². The Balaban J connectivity index is 1.47. The first kappa shape index (κ1) is 21.7. The number of nitrogens with zero attached hydrogens (tertiary/aromatic N) is 3. The summed E-state index contributed by atoms with van der Waals surface area (Å²) >= 11 is 1.55. The standard InChI is InChI=1S/C24H29N3O3S/c1-29-20-9-10-21-22(18-20)31-24(25-21)27(13-5-12-26-14-16-30-17-15-26)23(28)11-8-19-6-3-2-4-7-19/h2-4,6-7,9-10,18H,5,8,11-17H2,1H3. The van der Waals surface area contributed by atoms with E-state index in [4.69, 9.17) is 14.5 Å². The van der Waals surface area contributed by atoms with Crippen molar-refractivity contribution in [3.05, 3.63) is 54.1 Å². The molecule has 2 aromatic carbocycles. The second kappa shape index (κ2) is 10.7. The van der Waals surface area contributed by atoms with Gasteiger partial charge in [-0.25, -0.2) is 4.98 Å². The van der Waals surface area contributed by atoms with Crippen LogP contribution in [0.4, 0.5) is 5.13 Å². The summed E-state index contributed by atoms with van der Waals surface area (Å²) in [7, 11) is 1.66. The molecule has 31 heavy (non-hydrogen) atoms. The number of benzene rings is 2. The van der Waals surface area contributed by atoms with E-state index < -0.39 is 0 Å². The number of thiazole rings is 1. The third-order valence-corrected chi connectivity index (χ3v) is 6.59. The van der Waals surface area contributed by atoms with Gasteiger partial charge in [0.1, 0.15) is 5.75 Å². The van der Waals surface area contributed by atoms with E-state index in [2.05, 4.69) is 17.0 Å². The highest BCUT2D eigenvalue weighted by Crippen LogP contribution is 2.32. The van der Waals surface area contributed by atoms with Gasteiger partial charge in [0.15, 0.2) is 5.13 Å². The smallest absolute Gasteiger partial charge is 0.229 e. The van der Waals surface area contributed by atoms with Crippen LogP contribution in [0.15, 0.2) is 48.5 Å². The van der Waals surface area contributed by atoms with Gasteiger partial charge >= 0.3 is 0 Å². The van der Waals surface area contributed by atoms with Crippen LogP contribution in [0.2, 0.25) is 0 Å². The van der Waals surface area contributed by atoms with Crippen LogP contribution in [-0.4, -0.2) is 62.3 Å². The third kappa shape index (κ3) is 5.81. The monoisotopic (exact) mass is 439 g/mol. The Kier molecular flexibility index (Phi) is 7.51. The van der Waals surface area contributed by atoms with E-state index in [9.17, 15) is 4.79 Å². The van der Waals surface area contributed by atoms with Gasteiger partial charge in [0, 0.05) is 32.6 Å². The number of methoxy groups -OCH3 is 1. The highest BCUT2D eigenvalue weighted by atomic mass is 32.1. The van der Waals surface area contributed by atoms with E-state index in [-0.39, 0.29) is 5.91 Å². The van der Waals surface area contributed by atoms with Crippen molar-refractivity contribution in [3.63, 3.8) is 0 Å². The molecule has 0 saturated carbocycles. The van der Waals surface area contributed by atoms with E-state index in [1.165, 1.54) is 5.56 Å². The van der Waals surface area contributed by atoms with Crippen molar-refractivity contribution in [1.82, 2.24) is 9.88 Å². The summed E-state index contributed by atoms with van der Waals surface area (Å²) < 4.78 is 11.8. The fraction of sp³-hybridized carbons (Fsp3) is 0.417. The number of ether oxygens (including phenoxy) is 2. The number of amides is 1. The number of morpholine rings is 1. The highest BCUT2D eigenvalue weighted by Gasteiger charge is 2.20. The van der Waals surface area contributed by atoms with Crippen molar-refractivity contribution in [2.24, 2.45) is 0 Å². The fourth-order valence-electron chi connectivity index (χ4n) is 3.77. The maximum absolute atomic E-state index is 13.2. The van der Waals surface area contributed by atoms with Crippen LogP contribution < -0.4 is 9.64 Å². The van der Waals surface area contributed by atoms with Gasteiger partial charge in [-0.3, -0.25) is 14.6 Å². The number of hydrogen-bond donors (Lipinski definition) is 0. The first-order valence-electron chi connectivity index (χ1n) is 10.8. The third-order valence-electron chi connectivity index (χ3n) is 5.55. The molecule has 6 nitrogen and oxygen atoms in total. The lowest BCUT2D eigenvalue weighted by molar-refractivity contribution is -0.118. The summed E-state index contributed by atoms with van der Waals surface area (Å²) in [6.45, 7) is 5.14. The van der Waals surface area contributed by atoms with Gasteiger partial charge in [-0.05, 0) is 36.6 Å². The van der Waals surface area contributed by atoms with E-state index in [1.807, 2.05) is 41.3 Å². The highest BCUT2D eigenvalue weighted by molar-refractivity contribution is 7.22. The second-order valence-electron chi connectivity index (χ2n) is 7.67. The molecule has 2 heterocycles. The average molecular weight is 440 g/mol. The van der Waals surface area contributed by atoms with Crippen LogP contribution in [0.5, 0.6) is 5.75 Å². The van der Waals surface area contributed by atoms with Crippen molar-refractivity contribution < 1.29 is 14.3 Å². The molecular formula is C24H29N3O3S. The van der Waals surface area contributed by atoms with Crippen LogP contribution in [0.25, 0.3) is 10.2 Å². The maximum Gasteiger partial charge on any atom is 0.229 e. The average Bonchev–Trinajstić information content (AvgIpc) is 3.24. The molecule has 0 atom stereocenters. The molecule has 0 N–H and O–H groups in total. The predicted molar refractivity (Wildman–Crippen MR) is 125 cm³/mol. The van der Waals surface area contributed by atoms with E-state index in [0.717, 1.165) is 66.8 Å². The molecule has 0 radical (unpaired) electrons. The molecule has 1 aromatic heterocycles. The van der Waals surface area contributed by atoms with Crippen molar-refractivity contribution in [1.29, 1.82) is 0 Å². The minimum atomic E-state index is 0.122. The molecule has 0 aliphatic carbocycles. The molecule has 1 aliphatic rings. The van der Waals surface area contributed by atoms with Crippen molar-refractivity contribution in [2.75, 3.05) is 51.4 Å². The fourth-order valence-corrected chi connectivity index (χ4v) is 4.81. The molecule has 1 aliphatic heterocycles. The minimum absolute atomic E-state index is 0.122. The molecule has 0 unspecified atom stereocenters. The van der Waals surface area contributed by atoms with Crippen molar-refractivity contribution in [2.45, 2.75) is 19.3 Å². The molecule has 1 saturated heterocycles. The first-order valence-corrected chi connectivity index (χ1v) is 11.6. The Morgan fingerprint density at radius 3 is 2.77 bits per heavy atom. The normalized spacial score (nSPS) is 14.6. The number of fused-ring (bicyclic) bond motifs is 1. The SMILES string of the molecule is COc1ccc2nc(N(CCCN3CCOCC3)C(=O)CCc3ccccc3)sc2c1. The molecule has 0 bridgehead atoms. The van der Waals surface area contributed by atoms with Crippen LogP contribution in [0.1, 0.15) is 18.4 Å². The predicted octanol–water partition coefficient (Wildman–Crippen LogP) is 3.99. The zero-order valence-corrected chi connectivity index (χ0v) is 18.8. The van der Waals surface area contributed by atoms with Gasteiger partial charge < -0.3 is 9.47 Å². The van der Waals surface area contributed by atoms with Crippen LogP contribution in [0, 0.1) is 0 Å². The minimum Gasteiger partial charge on any atom is -0.497 e. The zero-order chi connectivity index (χ0) is 21.5. The van der Waals surface area contributed by atoms with Gasteiger partial charge in [-0.2, -0.15) is 0 Å². The Morgan fingerprint density at radius 2 is 2.00 bits per heavy atom. The Morgan fingerprint density at radius 1 is 1.19 bits per heavy atom. The number of carbonyl (C=O) groups is 1. The van der Waals surface area contributed by atoms with Crippen molar-refractivity contribution in [3.8, 4) is 5.75 Å². The van der Waals surface area contributed by atoms with E-state index in [1.54, 1.807) is 18.4 Å². The molecule has 1 fully saturated rings. The second-order valence-corrected chi connectivity index (χ2v) is 8.68. The number of carbonyl (C=O) groups excluding carboxylic acids is 1. The topological polar surface area (TPSA) is 54.9 Å². The molecule has 4 rings (SSSR count). The molecule has 7 heteroatoms. The summed E-state index contributed by atoms with van der Waals surface area (Å²) in [6, 6.07) is 16.0. The molecule has 1 amide bonds. The molecular weight excluding hydrogens is 410 g/mol. The van der Waals surface area contributed by atoms with Crippen LogP contribution in [0.3, 0.4) is 0 Å². The number of aromatic nitrogens is 1. The molecule has 3 aromatic rings. The summed E-state index contributed by atoms with van der Waals surface area (Å²) in [5, 5.41) is 0.767. The van der Waals surface area contributed by atoms with Crippen LogP contribution >= 0.6 is 11.3 Å².